The fourth-order valence-corrected chi connectivity index (χ4v) is 5.18. The Morgan fingerprint density at radius 3 is 2.40 bits per heavy atom. The topological polar surface area (TPSA) is 128 Å². The highest BCUT2D eigenvalue weighted by atomic mass is 16.5. The van der Waals surface area contributed by atoms with Crippen molar-refractivity contribution in [1.82, 2.24) is 19.8 Å². The Balaban J connectivity index is 1.50. The Hall–Kier alpha value is -3.58. The van der Waals surface area contributed by atoms with Crippen LogP contribution in [-0.2, 0) is 6.54 Å². The van der Waals surface area contributed by atoms with Crippen LogP contribution in [0.15, 0.2) is 30.3 Å². The summed E-state index contributed by atoms with van der Waals surface area (Å²) in [6.45, 7) is 3.93. The van der Waals surface area contributed by atoms with Gasteiger partial charge in [0.1, 0.15) is 18.2 Å². The molecule has 0 bridgehead atoms. The Morgan fingerprint density at radius 2 is 1.74 bits per heavy atom. The molecule has 1 saturated heterocycles. The van der Waals surface area contributed by atoms with Crippen molar-refractivity contribution in [3.05, 3.63) is 35.9 Å². The van der Waals surface area contributed by atoms with E-state index in [4.69, 9.17) is 19.2 Å². The number of aliphatic hydroxyl groups is 2. The molecule has 236 valence electrons. The number of fused-ring (bicyclic) bond motifs is 1. The van der Waals surface area contributed by atoms with E-state index in [9.17, 15) is 10.2 Å². The van der Waals surface area contributed by atoms with E-state index in [1.807, 2.05) is 12.1 Å². The average Bonchev–Trinajstić information content (AvgIpc) is 3.00. The summed E-state index contributed by atoms with van der Waals surface area (Å²) in [6, 6.07) is 10.2. The molecule has 43 heavy (non-hydrogen) atoms. The van der Waals surface area contributed by atoms with E-state index in [-0.39, 0.29) is 19.2 Å². The smallest absolute Gasteiger partial charge is 0.225 e. The first-order valence-corrected chi connectivity index (χ1v) is 14.7. The van der Waals surface area contributed by atoms with Crippen LogP contribution in [0.3, 0.4) is 0 Å². The zero-order valence-electron chi connectivity index (χ0n) is 26.3. The first-order chi connectivity index (χ1) is 20.7. The molecule has 0 saturated carbocycles. The first-order valence-electron chi connectivity index (χ1n) is 14.7. The summed E-state index contributed by atoms with van der Waals surface area (Å²) in [4.78, 5) is 16.1. The van der Waals surface area contributed by atoms with E-state index in [0.717, 1.165) is 50.2 Å². The number of anilines is 3. The molecule has 4 rings (SSSR count). The minimum absolute atomic E-state index is 0.127. The van der Waals surface area contributed by atoms with Gasteiger partial charge in [-0.1, -0.05) is 6.07 Å². The van der Waals surface area contributed by atoms with Gasteiger partial charge in [-0.15, -0.1) is 0 Å². The summed E-state index contributed by atoms with van der Waals surface area (Å²) < 4.78 is 17.3. The third-order valence-corrected chi connectivity index (χ3v) is 7.60. The maximum absolute atomic E-state index is 9.84. The Bertz CT molecular complexity index is 1330. The molecule has 0 radical (unpaired) electrons. The number of likely N-dealkylation sites (tertiary alicyclic amines) is 1. The molecule has 2 heterocycles. The maximum atomic E-state index is 9.84. The largest absolute Gasteiger partial charge is 0.493 e. The predicted octanol–water partition coefficient (Wildman–Crippen LogP) is 2.50. The molecule has 0 aliphatic carbocycles. The van der Waals surface area contributed by atoms with Crippen LogP contribution >= 0.6 is 0 Å². The summed E-state index contributed by atoms with van der Waals surface area (Å²) in [6.07, 6.45) is 0.958. The fraction of sp³-hybridized carbons (Fsp3) is 0.548. The minimum atomic E-state index is -0.915. The summed E-state index contributed by atoms with van der Waals surface area (Å²) in [5, 5.41) is 26.6. The quantitative estimate of drug-likeness (QED) is 0.206. The lowest BCUT2D eigenvalue weighted by atomic mass is 10.0. The molecule has 2 aromatic carbocycles. The number of methoxy groups -OCH3 is 2. The molecule has 1 atom stereocenters. The van der Waals surface area contributed by atoms with Crippen molar-refractivity contribution >= 4 is 28.4 Å². The van der Waals surface area contributed by atoms with Crippen molar-refractivity contribution in [3.63, 3.8) is 0 Å². The first kappa shape index (κ1) is 32.3. The number of likely N-dealkylation sites (N-methyl/N-ethyl adjacent to an activating group) is 1. The highest BCUT2D eigenvalue weighted by Gasteiger charge is 2.24. The van der Waals surface area contributed by atoms with Gasteiger partial charge in [0.05, 0.1) is 32.4 Å². The van der Waals surface area contributed by atoms with E-state index in [1.165, 1.54) is 11.3 Å². The molecule has 1 aromatic heterocycles. The molecule has 0 amide bonds. The second-order valence-corrected chi connectivity index (χ2v) is 11.3. The van der Waals surface area contributed by atoms with Gasteiger partial charge in [0.15, 0.2) is 11.5 Å². The van der Waals surface area contributed by atoms with Gasteiger partial charge in [-0.3, -0.25) is 4.90 Å². The number of piperidine rings is 1. The van der Waals surface area contributed by atoms with Gasteiger partial charge < -0.3 is 44.9 Å². The summed E-state index contributed by atoms with van der Waals surface area (Å²) in [5.41, 5.74) is 3.06. The van der Waals surface area contributed by atoms with Crippen molar-refractivity contribution in [2.24, 2.45) is 0 Å². The third kappa shape index (κ3) is 8.50. The zero-order chi connectivity index (χ0) is 30.9. The summed E-state index contributed by atoms with van der Waals surface area (Å²) in [7, 11) is 11.4. The van der Waals surface area contributed by atoms with E-state index in [0.29, 0.717) is 35.4 Å². The second kappa shape index (κ2) is 15.2. The Labute approximate surface area is 254 Å². The van der Waals surface area contributed by atoms with Crippen LogP contribution in [0.4, 0.5) is 17.5 Å². The summed E-state index contributed by atoms with van der Waals surface area (Å²) in [5.74, 6) is 3.14. The van der Waals surface area contributed by atoms with Crippen molar-refractivity contribution in [2.45, 2.75) is 31.5 Å². The Morgan fingerprint density at radius 1 is 1.02 bits per heavy atom. The lowest BCUT2D eigenvalue weighted by Gasteiger charge is -2.34. The van der Waals surface area contributed by atoms with Gasteiger partial charge >= 0.3 is 0 Å². The number of aliphatic hydroxyl groups excluding tert-OH is 2. The number of rotatable bonds is 15. The lowest BCUT2D eigenvalue weighted by Crippen LogP contribution is -2.39. The number of ether oxygens (including phenoxy) is 3. The minimum Gasteiger partial charge on any atom is -0.493 e. The van der Waals surface area contributed by atoms with Crippen molar-refractivity contribution < 1.29 is 24.4 Å². The molecule has 1 aliphatic rings. The van der Waals surface area contributed by atoms with E-state index >= 15 is 0 Å². The number of nitrogens with one attached hydrogen (secondary N) is 2. The molecule has 0 spiro atoms. The standard InChI is InChI=1S/C31H47N7O5/c1-36(2)14-15-43-27-9-7-8-26(37(3)4)24(27)19-38-12-10-21(11-13-38)33-30-23-16-28(41-5)29(42-6)17-25(23)34-31(35-30)32-18-22(40)20-39/h7-9,16-17,21-22,39-40H,10-15,18-20H2,1-6H3,(H2,32,33,34,35)/t22-/m0/s1. The maximum Gasteiger partial charge on any atom is 0.225 e. The van der Waals surface area contributed by atoms with Crippen LogP contribution in [-0.4, -0.2) is 124 Å². The molecule has 0 unspecified atom stereocenters. The molecule has 1 fully saturated rings. The van der Waals surface area contributed by atoms with Gasteiger partial charge in [-0.25, -0.2) is 4.98 Å². The van der Waals surface area contributed by atoms with Gasteiger partial charge in [-0.05, 0) is 45.1 Å². The van der Waals surface area contributed by atoms with Crippen LogP contribution in [0.5, 0.6) is 17.2 Å². The predicted molar refractivity (Wildman–Crippen MR) is 171 cm³/mol. The fourth-order valence-electron chi connectivity index (χ4n) is 5.18. The molecular formula is C31H47N7O5. The highest BCUT2D eigenvalue weighted by molar-refractivity contribution is 5.92. The number of hydrogen-bond acceptors (Lipinski definition) is 12. The normalized spacial score (nSPS) is 15.0. The van der Waals surface area contributed by atoms with E-state index in [2.05, 4.69) is 76.7 Å². The monoisotopic (exact) mass is 597 g/mol. The van der Waals surface area contributed by atoms with Gasteiger partial charge in [0.2, 0.25) is 5.95 Å². The van der Waals surface area contributed by atoms with Crippen LogP contribution in [0.1, 0.15) is 18.4 Å². The number of aromatic nitrogens is 2. The van der Waals surface area contributed by atoms with Crippen LogP contribution in [0.25, 0.3) is 10.9 Å². The molecule has 1 aliphatic heterocycles. The number of hydrogen-bond donors (Lipinski definition) is 4. The molecule has 12 nitrogen and oxygen atoms in total. The number of benzene rings is 2. The van der Waals surface area contributed by atoms with Crippen LogP contribution in [0, 0.1) is 0 Å². The Kier molecular flexibility index (Phi) is 11.5. The van der Waals surface area contributed by atoms with Crippen molar-refractivity contribution in [3.8, 4) is 17.2 Å². The highest BCUT2D eigenvalue weighted by Crippen LogP contribution is 2.36. The second-order valence-electron chi connectivity index (χ2n) is 11.3. The van der Waals surface area contributed by atoms with E-state index < -0.39 is 6.10 Å². The zero-order valence-corrected chi connectivity index (χ0v) is 26.3. The number of nitrogens with zero attached hydrogens (tertiary/aromatic N) is 5. The van der Waals surface area contributed by atoms with Gasteiger partial charge in [0.25, 0.3) is 0 Å². The van der Waals surface area contributed by atoms with E-state index in [1.54, 1.807) is 14.2 Å². The van der Waals surface area contributed by atoms with Crippen molar-refractivity contribution in [2.75, 3.05) is 97.3 Å². The van der Waals surface area contributed by atoms with Crippen LogP contribution < -0.4 is 29.7 Å². The molecule has 12 heteroatoms. The average molecular weight is 598 g/mol. The van der Waals surface area contributed by atoms with Gasteiger partial charge in [-0.2, -0.15) is 4.98 Å². The summed E-state index contributed by atoms with van der Waals surface area (Å²) >= 11 is 0. The van der Waals surface area contributed by atoms with Crippen LogP contribution in [0.2, 0.25) is 0 Å². The molecule has 4 N–H and O–H groups in total. The molecule has 3 aromatic rings. The SMILES string of the molecule is COc1cc2nc(NC[C@H](O)CO)nc(NC3CCN(Cc4c(OCCN(C)C)cccc4N(C)C)CC3)c2cc1OC. The lowest BCUT2D eigenvalue weighted by molar-refractivity contribution is 0.105. The molecular weight excluding hydrogens is 550 g/mol. The van der Waals surface area contributed by atoms with Crippen molar-refractivity contribution in [1.29, 1.82) is 0 Å². The third-order valence-electron chi connectivity index (χ3n) is 7.60. The van der Waals surface area contributed by atoms with Gasteiger partial charge in [0, 0.05) is 75.6 Å².